The summed E-state index contributed by atoms with van der Waals surface area (Å²) in [4.78, 5) is 30.4. The summed E-state index contributed by atoms with van der Waals surface area (Å²) >= 11 is 0. The third kappa shape index (κ3) is 4.71. The minimum absolute atomic E-state index is 0.0924. The normalized spacial score (nSPS) is 15.0. The van der Waals surface area contributed by atoms with Crippen molar-refractivity contribution >= 4 is 5.91 Å². The van der Waals surface area contributed by atoms with Gasteiger partial charge in [0.25, 0.3) is 11.5 Å². The van der Waals surface area contributed by atoms with E-state index >= 15 is 0 Å². The van der Waals surface area contributed by atoms with Crippen LogP contribution in [-0.4, -0.2) is 38.7 Å². The highest BCUT2D eigenvalue weighted by atomic mass is 19.4. The Bertz CT molecular complexity index is 1150. The molecule has 0 bridgehead atoms. The summed E-state index contributed by atoms with van der Waals surface area (Å²) in [6.07, 6.45) is -0.134. The quantitative estimate of drug-likeness (QED) is 0.615. The maximum atomic E-state index is 13.3. The van der Waals surface area contributed by atoms with Crippen LogP contribution in [0.2, 0.25) is 0 Å². The largest absolute Gasteiger partial charge is 0.417 e. The molecule has 0 saturated carbocycles. The number of benzene rings is 1. The van der Waals surface area contributed by atoms with Gasteiger partial charge in [0, 0.05) is 43.7 Å². The van der Waals surface area contributed by atoms with Crippen LogP contribution in [0.15, 0.2) is 65.7 Å². The molecule has 3 aromatic rings. The van der Waals surface area contributed by atoms with Gasteiger partial charge in [-0.2, -0.15) is 18.3 Å². The van der Waals surface area contributed by atoms with Crippen LogP contribution < -0.4 is 5.56 Å². The number of carbonyl (C=O) groups is 1. The highest BCUT2D eigenvalue weighted by molar-refractivity contribution is 5.96. The number of piperidine rings is 1. The molecule has 166 valence electrons. The monoisotopic (exact) mass is 442 g/mol. The first-order valence-electron chi connectivity index (χ1n) is 10.3. The minimum Gasteiger partial charge on any atom is -0.339 e. The molecule has 0 radical (unpaired) electrons. The van der Waals surface area contributed by atoms with Gasteiger partial charge in [-0.15, -0.1) is 0 Å². The molecule has 0 aliphatic carbocycles. The number of amides is 1. The Morgan fingerprint density at radius 1 is 1.00 bits per heavy atom. The molecule has 1 saturated heterocycles. The van der Waals surface area contributed by atoms with Crippen molar-refractivity contribution in [3.05, 3.63) is 82.4 Å². The summed E-state index contributed by atoms with van der Waals surface area (Å²) in [5.74, 6) is -0.527. The fourth-order valence-electron chi connectivity index (χ4n) is 3.91. The molecule has 0 atom stereocenters. The Morgan fingerprint density at radius 2 is 1.69 bits per heavy atom. The lowest BCUT2D eigenvalue weighted by Gasteiger charge is -2.32. The number of halogens is 3. The van der Waals surface area contributed by atoms with Crippen LogP contribution in [0.4, 0.5) is 13.2 Å². The lowest BCUT2D eigenvalue weighted by atomic mass is 9.95. The molecule has 3 heterocycles. The first-order valence-corrected chi connectivity index (χ1v) is 10.3. The van der Waals surface area contributed by atoms with E-state index in [1.54, 1.807) is 30.6 Å². The Labute approximate surface area is 182 Å². The van der Waals surface area contributed by atoms with E-state index in [2.05, 4.69) is 10.1 Å². The molecule has 0 spiro atoms. The zero-order valence-electron chi connectivity index (χ0n) is 17.1. The molecule has 9 heteroatoms. The standard InChI is InChI=1S/C23H21F3N4O2/c24-23(25,26)19-4-2-1-3-18(19)22(32)29-13-9-16(10-14-29)15-30-21(31)6-5-20(28-30)17-7-11-27-12-8-17/h1-8,11-12,16H,9-10,13-15H2. The van der Waals surface area contributed by atoms with E-state index in [9.17, 15) is 22.8 Å². The van der Waals surface area contributed by atoms with Crippen LogP contribution in [0.25, 0.3) is 11.3 Å². The second kappa shape index (κ2) is 8.94. The smallest absolute Gasteiger partial charge is 0.339 e. The van der Waals surface area contributed by atoms with E-state index < -0.39 is 17.6 Å². The molecule has 1 aliphatic rings. The molecule has 1 fully saturated rings. The summed E-state index contributed by atoms with van der Waals surface area (Å²) in [6.45, 7) is 1.04. The van der Waals surface area contributed by atoms with Crippen molar-refractivity contribution in [2.45, 2.75) is 25.6 Å². The maximum Gasteiger partial charge on any atom is 0.417 e. The maximum absolute atomic E-state index is 13.3. The molecule has 32 heavy (non-hydrogen) atoms. The molecule has 0 unspecified atom stereocenters. The average molecular weight is 442 g/mol. The molecular formula is C23H21F3N4O2. The number of alkyl halides is 3. The average Bonchev–Trinajstić information content (AvgIpc) is 2.80. The predicted molar refractivity (Wildman–Crippen MR) is 112 cm³/mol. The Morgan fingerprint density at radius 3 is 2.38 bits per heavy atom. The number of hydrogen-bond donors (Lipinski definition) is 0. The molecule has 1 aromatic carbocycles. The Kier molecular flexibility index (Phi) is 6.07. The Balaban J connectivity index is 1.43. The molecular weight excluding hydrogens is 421 g/mol. The van der Waals surface area contributed by atoms with Crippen molar-refractivity contribution in [1.82, 2.24) is 19.7 Å². The second-order valence-electron chi connectivity index (χ2n) is 7.75. The number of likely N-dealkylation sites (tertiary alicyclic amines) is 1. The van der Waals surface area contributed by atoms with Crippen LogP contribution in [0, 0.1) is 5.92 Å². The van der Waals surface area contributed by atoms with Crippen LogP contribution in [0.1, 0.15) is 28.8 Å². The lowest BCUT2D eigenvalue weighted by molar-refractivity contribution is -0.138. The zero-order chi connectivity index (χ0) is 22.7. The van der Waals surface area contributed by atoms with Gasteiger partial charge in [0.1, 0.15) is 0 Å². The van der Waals surface area contributed by atoms with E-state index in [-0.39, 0.29) is 17.0 Å². The van der Waals surface area contributed by atoms with E-state index in [1.807, 2.05) is 0 Å². The van der Waals surface area contributed by atoms with E-state index in [0.29, 0.717) is 38.2 Å². The molecule has 6 nitrogen and oxygen atoms in total. The van der Waals surface area contributed by atoms with Gasteiger partial charge >= 0.3 is 6.18 Å². The molecule has 4 rings (SSSR count). The minimum atomic E-state index is -4.59. The second-order valence-corrected chi connectivity index (χ2v) is 7.75. The predicted octanol–water partition coefficient (Wildman–Crippen LogP) is 3.88. The van der Waals surface area contributed by atoms with Crippen LogP contribution in [0.5, 0.6) is 0 Å². The van der Waals surface area contributed by atoms with Gasteiger partial charge in [-0.25, -0.2) is 4.68 Å². The SMILES string of the molecule is O=C(c1ccccc1C(F)(F)F)N1CCC(Cn2nc(-c3ccncc3)ccc2=O)CC1. The number of rotatable bonds is 4. The number of aromatic nitrogens is 3. The Hall–Kier alpha value is -3.49. The zero-order valence-corrected chi connectivity index (χ0v) is 17.1. The number of carbonyl (C=O) groups excluding carboxylic acids is 1. The van der Waals surface area contributed by atoms with E-state index in [0.717, 1.165) is 11.6 Å². The van der Waals surface area contributed by atoms with Crippen LogP contribution in [0.3, 0.4) is 0 Å². The summed E-state index contributed by atoms with van der Waals surface area (Å²) < 4.78 is 41.2. The number of pyridine rings is 1. The van der Waals surface area contributed by atoms with Crippen molar-refractivity contribution in [1.29, 1.82) is 0 Å². The van der Waals surface area contributed by atoms with Crippen molar-refractivity contribution < 1.29 is 18.0 Å². The molecule has 1 amide bonds. The van der Waals surface area contributed by atoms with Crippen LogP contribution >= 0.6 is 0 Å². The summed E-state index contributed by atoms with van der Waals surface area (Å²) in [5.41, 5.74) is 0.0264. The van der Waals surface area contributed by atoms with Gasteiger partial charge in [0.15, 0.2) is 0 Å². The first-order chi connectivity index (χ1) is 15.3. The van der Waals surface area contributed by atoms with E-state index in [4.69, 9.17) is 0 Å². The van der Waals surface area contributed by atoms with Gasteiger partial charge in [0.2, 0.25) is 0 Å². The summed E-state index contributed by atoms with van der Waals surface area (Å²) in [7, 11) is 0. The van der Waals surface area contributed by atoms with Crippen LogP contribution in [-0.2, 0) is 12.7 Å². The van der Waals surface area contributed by atoms with Crippen molar-refractivity contribution in [2.75, 3.05) is 13.1 Å². The molecule has 2 aromatic heterocycles. The molecule has 0 N–H and O–H groups in total. The van der Waals surface area contributed by atoms with Gasteiger partial charge in [-0.3, -0.25) is 14.6 Å². The van der Waals surface area contributed by atoms with Crippen molar-refractivity contribution in [3.63, 3.8) is 0 Å². The van der Waals surface area contributed by atoms with Gasteiger partial charge in [0.05, 0.1) is 16.8 Å². The molecule has 1 aliphatic heterocycles. The van der Waals surface area contributed by atoms with E-state index in [1.165, 1.54) is 33.8 Å². The summed E-state index contributed by atoms with van der Waals surface area (Å²) in [6, 6.07) is 11.6. The highest BCUT2D eigenvalue weighted by Gasteiger charge is 2.36. The number of nitrogens with zero attached hydrogens (tertiary/aromatic N) is 4. The van der Waals surface area contributed by atoms with Gasteiger partial charge < -0.3 is 4.90 Å². The topological polar surface area (TPSA) is 68.1 Å². The fraction of sp³-hybridized carbons (Fsp3) is 0.304. The fourth-order valence-corrected chi connectivity index (χ4v) is 3.91. The van der Waals surface area contributed by atoms with Crippen molar-refractivity contribution in [3.8, 4) is 11.3 Å². The number of hydrogen-bond acceptors (Lipinski definition) is 4. The third-order valence-corrected chi connectivity index (χ3v) is 5.64. The highest BCUT2D eigenvalue weighted by Crippen LogP contribution is 2.33. The lowest BCUT2D eigenvalue weighted by Crippen LogP contribution is -2.41. The van der Waals surface area contributed by atoms with Gasteiger partial charge in [-0.05, 0) is 49.1 Å². The summed E-state index contributed by atoms with van der Waals surface area (Å²) in [5, 5.41) is 4.45. The van der Waals surface area contributed by atoms with Crippen molar-refractivity contribution in [2.24, 2.45) is 5.92 Å². The first kappa shape index (κ1) is 21.7. The van der Waals surface area contributed by atoms with Gasteiger partial charge in [-0.1, -0.05) is 12.1 Å². The third-order valence-electron chi connectivity index (χ3n) is 5.64.